The first kappa shape index (κ1) is 10.1. The van der Waals surface area contributed by atoms with Crippen LogP contribution in [0, 0.1) is 0 Å². The number of pyridine rings is 1. The Morgan fingerprint density at radius 3 is 2.89 bits per heavy atom. The summed E-state index contributed by atoms with van der Waals surface area (Å²) in [7, 11) is 0. The van der Waals surface area contributed by atoms with Crippen LogP contribution in [-0.4, -0.2) is 14.5 Å². The van der Waals surface area contributed by atoms with Crippen LogP contribution >= 0.6 is 11.3 Å². The number of anilines is 1. The van der Waals surface area contributed by atoms with Gasteiger partial charge in [0.1, 0.15) is 5.52 Å². The highest BCUT2D eigenvalue weighted by molar-refractivity contribution is 7.19. The van der Waals surface area contributed by atoms with Crippen LogP contribution < -0.4 is 5.73 Å². The highest BCUT2D eigenvalue weighted by Crippen LogP contribution is 2.42. The number of hydrogen-bond acceptors (Lipinski definition) is 4. The van der Waals surface area contributed by atoms with Crippen molar-refractivity contribution in [1.29, 1.82) is 0 Å². The van der Waals surface area contributed by atoms with Crippen molar-refractivity contribution in [1.82, 2.24) is 14.5 Å². The van der Waals surface area contributed by atoms with Crippen molar-refractivity contribution in [2.24, 2.45) is 0 Å². The Morgan fingerprint density at radius 1 is 1.28 bits per heavy atom. The number of nitrogen functional groups attached to an aromatic ring is 1. The van der Waals surface area contributed by atoms with Crippen LogP contribution in [0.15, 0.2) is 30.5 Å². The van der Waals surface area contributed by atoms with Crippen LogP contribution in [-0.2, 0) is 0 Å². The zero-order valence-electron chi connectivity index (χ0n) is 9.71. The highest BCUT2D eigenvalue weighted by Gasteiger charge is 2.29. The molecule has 0 radical (unpaired) electrons. The van der Waals surface area contributed by atoms with Crippen molar-refractivity contribution in [2.45, 2.75) is 18.9 Å². The monoisotopic (exact) mass is 256 g/mol. The van der Waals surface area contributed by atoms with Crippen LogP contribution in [0.3, 0.4) is 0 Å². The van der Waals surface area contributed by atoms with Crippen molar-refractivity contribution in [2.75, 3.05) is 5.73 Å². The van der Waals surface area contributed by atoms with Crippen LogP contribution in [0.2, 0.25) is 0 Å². The molecule has 1 fully saturated rings. The smallest absolute Gasteiger partial charge is 0.160 e. The molecule has 4 nitrogen and oxygen atoms in total. The molecule has 0 aliphatic heterocycles. The number of rotatable bonds is 2. The summed E-state index contributed by atoms with van der Waals surface area (Å²) < 4.78 is 2.26. The summed E-state index contributed by atoms with van der Waals surface area (Å²) in [5, 5.41) is 0.826. The van der Waals surface area contributed by atoms with E-state index in [-0.39, 0.29) is 0 Å². The Balaban J connectivity index is 2.01. The van der Waals surface area contributed by atoms with Gasteiger partial charge in [-0.3, -0.25) is 0 Å². The highest BCUT2D eigenvalue weighted by atomic mass is 32.1. The normalized spacial score (nSPS) is 15.3. The maximum atomic E-state index is 5.82. The zero-order valence-corrected chi connectivity index (χ0v) is 10.5. The predicted octanol–water partition coefficient (Wildman–Crippen LogP) is 3.08. The second-order valence-corrected chi connectivity index (χ2v) is 5.70. The Labute approximate surface area is 108 Å². The fraction of sp³-hybridized carbons (Fsp3) is 0.231. The fourth-order valence-electron chi connectivity index (χ4n) is 2.26. The number of thiophene rings is 1. The lowest BCUT2D eigenvalue weighted by Gasteiger charge is -2.04. The molecular formula is C13H12N4S. The van der Waals surface area contributed by atoms with E-state index in [1.165, 1.54) is 12.8 Å². The topological polar surface area (TPSA) is 56.7 Å². The summed E-state index contributed by atoms with van der Waals surface area (Å²) in [6.07, 6.45) is 4.27. The van der Waals surface area contributed by atoms with Crippen molar-refractivity contribution in [3.8, 4) is 10.7 Å². The maximum absolute atomic E-state index is 5.82. The second kappa shape index (κ2) is 3.55. The molecule has 0 bridgehead atoms. The average Bonchev–Trinajstić information content (AvgIpc) is 3.00. The van der Waals surface area contributed by atoms with Crippen molar-refractivity contribution >= 4 is 27.5 Å². The summed E-state index contributed by atoms with van der Waals surface area (Å²) in [5.74, 6) is 1.01. The molecule has 1 saturated carbocycles. The van der Waals surface area contributed by atoms with E-state index in [0.717, 1.165) is 26.9 Å². The van der Waals surface area contributed by atoms with Crippen LogP contribution in [0.1, 0.15) is 18.9 Å². The summed E-state index contributed by atoms with van der Waals surface area (Å²) in [6, 6.07) is 8.48. The maximum Gasteiger partial charge on any atom is 0.160 e. The van der Waals surface area contributed by atoms with E-state index in [2.05, 4.69) is 9.55 Å². The first-order valence-corrected chi connectivity index (χ1v) is 6.83. The quantitative estimate of drug-likeness (QED) is 0.766. The second-order valence-electron chi connectivity index (χ2n) is 4.58. The fourth-order valence-corrected chi connectivity index (χ4v) is 3.02. The molecule has 0 atom stereocenters. The van der Waals surface area contributed by atoms with Gasteiger partial charge in [0.15, 0.2) is 11.5 Å². The standard InChI is InChI=1S/C13H12N4S/c14-11-6-5-10(18-11)13-16-9-2-1-7-15-12(9)17(13)8-3-4-8/h1-2,5-8H,3-4,14H2. The number of hydrogen-bond donors (Lipinski definition) is 1. The summed E-state index contributed by atoms with van der Waals surface area (Å²) in [4.78, 5) is 10.3. The molecular weight excluding hydrogens is 244 g/mol. The van der Waals surface area contributed by atoms with Crippen LogP contribution in [0.4, 0.5) is 5.00 Å². The molecule has 2 N–H and O–H groups in total. The molecule has 0 unspecified atom stereocenters. The van der Waals surface area contributed by atoms with Gasteiger partial charge in [0.2, 0.25) is 0 Å². The molecule has 3 aromatic rings. The van der Waals surface area contributed by atoms with E-state index in [4.69, 9.17) is 10.7 Å². The van der Waals surface area contributed by atoms with E-state index in [0.29, 0.717) is 6.04 Å². The van der Waals surface area contributed by atoms with E-state index >= 15 is 0 Å². The van der Waals surface area contributed by atoms with E-state index in [1.807, 2.05) is 30.5 Å². The third kappa shape index (κ3) is 1.44. The molecule has 3 heterocycles. The van der Waals surface area contributed by atoms with Gasteiger partial charge in [-0.1, -0.05) is 0 Å². The van der Waals surface area contributed by atoms with Crippen molar-refractivity contribution in [3.63, 3.8) is 0 Å². The number of fused-ring (bicyclic) bond motifs is 1. The number of imidazole rings is 1. The summed E-state index contributed by atoms with van der Waals surface area (Å²) in [6.45, 7) is 0. The third-order valence-corrected chi connectivity index (χ3v) is 4.12. The summed E-state index contributed by atoms with van der Waals surface area (Å²) in [5.41, 5.74) is 7.77. The molecule has 18 heavy (non-hydrogen) atoms. The van der Waals surface area contributed by atoms with Gasteiger partial charge in [-0.2, -0.15) is 0 Å². The predicted molar refractivity (Wildman–Crippen MR) is 73.5 cm³/mol. The summed E-state index contributed by atoms with van der Waals surface area (Å²) >= 11 is 1.58. The molecule has 1 aliphatic carbocycles. The van der Waals surface area contributed by atoms with Gasteiger partial charge < -0.3 is 10.3 Å². The molecule has 0 saturated heterocycles. The zero-order chi connectivity index (χ0) is 12.1. The third-order valence-electron chi connectivity index (χ3n) is 3.21. The average molecular weight is 256 g/mol. The first-order valence-electron chi connectivity index (χ1n) is 6.01. The SMILES string of the molecule is Nc1ccc(-c2nc3cccnc3n2C2CC2)s1. The van der Waals surface area contributed by atoms with Gasteiger partial charge in [0.25, 0.3) is 0 Å². The van der Waals surface area contributed by atoms with Gasteiger partial charge in [-0.05, 0) is 37.1 Å². The van der Waals surface area contributed by atoms with Gasteiger partial charge in [-0.25, -0.2) is 9.97 Å². The van der Waals surface area contributed by atoms with E-state index in [1.54, 1.807) is 11.3 Å². The minimum Gasteiger partial charge on any atom is -0.391 e. The lowest BCUT2D eigenvalue weighted by atomic mass is 10.4. The Hall–Kier alpha value is -1.88. The van der Waals surface area contributed by atoms with Gasteiger partial charge in [-0.15, -0.1) is 11.3 Å². The van der Waals surface area contributed by atoms with Gasteiger partial charge in [0, 0.05) is 12.2 Å². The molecule has 5 heteroatoms. The van der Waals surface area contributed by atoms with Gasteiger partial charge >= 0.3 is 0 Å². The van der Waals surface area contributed by atoms with Crippen molar-refractivity contribution in [3.05, 3.63) is 30.5 Å². The lowest BCUT2D eigenvalue weighted by Crippen LogP contribution is -1.97. The molecule has 0 aromatic carbocycles. The first-order chi connectivity index (χ1) is 8.83. The molecule has 3 aromatic heterocycles. The molecule has 1 aliphatic rings. The number of nitrogens with two attached hydrogens (primary N) is 1. The molecule has 0 amide bonds. The van der Waals surface area contributed by atoms with Crippen molar-refractivity contribution < 1.29 is 0 Å². The minimum absolute atomic E-state index is 0.559. The number of nitrogens with zero attached hydrogens (tertiary/aromatic N) is 3. The Morgan fingerprint density at radius 2 is 2.17 bits per heavy atom. The van der Waals surface area contributed by atoms with Crippen LogP contribution in [0.25, 0.3) is 21.9 Å². The largest absolute Gasteiger partial charge is 0.391 e. The Bertz CT molecular complexity index is 724. The molecule has 90 valence electrons. The van der Waals surface area contributed by atoms with E-state index in [9.17, 15) is 0 Å². The minimum atomic E-state index is 0.559. The van der Waals surface area contributed by atoms with E-state index < -0.39 is 0 Å². The van der Waals surface area contributed by atoms with Gasteiger partial charge in [0.05, 0.1) is 9.88 Å². The molecule has 0 spiro atoms. The lowest BCUT2D eigenvalue weighted by molar-refractivity contribution is 0.768. The Kier molecular flexibility index (Phi) is 1.99. The van der Waals surface area contributed by atoms with Crippen LogP contribution in [0.5, 0.6) is 0 Å². The molecule has 4 rings (SSSR count). The number of aromatic nitrogens is 3.